The lowest BCUT2D eigenvalue weighted by atomic mass is 9.84. The number of nitrogens with two attached hydrogens (primary N) is 1. The van der Waals surface area contributed by atoms with E-state index in [2.05, 4.69) is 5.32 Å². The standard InChI is InChI=1S/C15H21N3O3.ClH/c1-10-12(6-4-8-14(10)18(20)21)15(19)17-13-7-3-2-5-11(13)9-16;/h4,6,8,11,13H,2-3,5,7,9,16H2,1H3,(H,17,19);1H. The minimum Gasteiger partial charge on any atom is -0.349 e. The molecule has 1 saturated carbocycles. The molecule has 3 N–H and O–H groups in total. The number of nitro groups is 1. The monoisotopic (exact) mass is 327 g/mol. The second-order valence-corrected chi connectivity index (χ2v) is 5.57. The SMILES string of the molecule is Cc1c(C(=O)NC2CCCCC2CN)cccc1[N+](=O)[O-].Cl. The van der Waals surface area contributed by atoms with Crippen molar-refractivity contribution in [3.8, 4) is 0 Å². The molecule has 1 aliphatic carbocycles. The van der Waals surface area contributed by atoms with E-state index in [4.69, 9.17) is 5.73 Å². The summed E-state index contributed by atoms with van der Waals surface area (Å²) >= 11 is 0. The van der Waals surface area contributed by atoms with Crippen LogP contribution in [0.2, 0.25) is 0 Å². The Balaban J connectivity index is 0.00000242. The van der Waals surface area contributed by atoms with Gasteiger partial charge in [-0.3, -0.25) is 14.9 Å². The average Bonchev–Trinajstić information content (AvgIpc) is 2.47. The van der Waals surface area contributed by atoms with Gasteiger partial charge in [-0.15, -0.1) is 12.4 Å². The first kappa shape index (κ1) is 18.4. The molecule has 0 spiro atoms. The third kappa shape index (κ3) is 3.96. The van der Waals surface area contributed by atoms with Crippen molar-refractivity contribution in [3.63, 3.8) is 0 Å². The van der Waals surface area contributed by atoms with E-state index >= 15 is 0 Å². The van der Waals surface area contributed by atoms with Gasteiger partial charge in [0.15, 0.2) is 0 Å². The lowest BCUT2D eigenvalue weighted by Gasteiger charge is -2.31. The van der Waals surface area contributed by atoms with Crippen LogP contribution in [0.25, 0.3) is 0 Å². The summed E-state index contributed by atoms with van der Waals surface area (Å²) in [5.74, 6) is 0.0447. The van der Waals surface area contributed by atoms with Crippen LogP contribution in [0.5, 0.6) is 0 Å². The number of carbonyl (C=O) groups excluding carboxylic acids is 1. The number of amides is 1. The number of hydrogen-bond donors (Lipinski definition) is 2. The summed E-state index contributed by atoms with van der Waals surface area (Å²) in [7, 11) is 0. The van der Waals surface area contributed by atoms with Crippen molar-refractivity contribution in [2.45, 2.75) is 38.6 Å². The molecule has 1 aromatic carbocycles. The Kier molecular flexibility index (Phi) is 6.77. The molecular formula is C15H22ClN3O3. The topological polar surface area (TPSA) is 98.3 Å². The molecular weight excluding hydrogens is 306 g/mol. The molecule has 7 heteroatoms. The molecule has 1 aromatic rings. The lowest BCUT2D eigenvalue weighted by molar-refractivity contribution is -0.385. The van der Waals surface area contributed by atoms with Crippen molar-refractivity contribution in [2.24, 2.45) is 11.7 Å². The predicted molar refractivity (Wildman–Crippen MR) is 87.3 cm³/mol. The van der Waals surface area contributed by atoms with Crippen molar-refractivity contribution in [3.05, 3.63) is 39.4 Å². The number of nitro benzene ring substituents is 1. The summed E-state index contributed by atoms with van der Waals surface area (Å²) in [5, 5.41) is 13.9. The lowest BCUT2D eigenvalue weighted by Crippen LogP contribution is -2.44. The first-order valence-corrected chi connectivity index (χ1v) is 7.29. The summed E-state index contributed by atoms with van der Waals surface area (Å²) in [6.45, 7) is 2.16. The maximum atomic E-state index is 12.4. The van der Waals surface area contributed by atoms with E-state index in [1.165, 1.54) is 6.07 Å². The van der Waals surface area contributed by atoms with Gasteiger partial charge in [0.05, 0.1) is 4.92 Å². The van der Waals surface area contributed by atoms with Gasteiger partial charge in [0.1, 0.15) is 0 Å². The molecule has 6 nitrogen and oxygen atoms in total. The molecule has 0 saturated heterocycles. The van der Waals surface area contributed by atoms with Crippen molar-refractivity contribution in [2.75, 3.05) is 6.54 Å². The number of halogens is 1. The molecule has 0 aliphatic heterocycles. The third-order valence-corrected chi connectivity index (χ3v) is 4.27. The van der Waals surface area contributed by atoms with Crippen LogP contribution in [0, 0.1) is 23.0 Å². The van der Waals surface area contributed by atoms with Gasteiger partial charge in [0, 0.05) is 23.2 Å². The van der Waals surface area contributed by atoms with Gasteiger partial charge < -0.3 is 11.1 Å². The second kappa shape index (κ2) is 8.10. The van der Waals surface area contributed by atoms with E-state index in [-0.39, 0.29) is 30.0 Å². The molecule has 0 radical (unpaired) electrons. The molecule has 2 rings (SSSR count). The van der Waals surface area contributed by atoms with Crippen LogP contribution in [0.15, 0.2) is 18.2 Å². The Morgan fingerprint density at radius 2 is 2.09 bits per heavy atom. The van der Waals surface area contributed by atoms with Crippen molar-refractivity contribution >= 4 is 24.0 Å². The molecule has 22 heavy (non-hydrogen) atoms. The zero-order valence-corrected chi connectivity index (χ0v) is 13.4. The van der Waals surface area contributed by atoms with Gasteiger partial charge in [0.25, 0.3) is 11.6 Å². The normalized spacial score (nSPS) is 20.8. The summed E-state index contributed by atoms with van der Waals surface area (Å²) in [6.07, 6.45) is 4.16. The quantitative estimate of drug-likeness (QED) is 0.656. The number of rotatable bonds is 4. The van der Waals surface area contributed by atoms with Crippen LogP contribution in [0.1, 0.15) is 41.6 Å². The van der Waals surface area contributed by atoms with Gasteiger partial charge in [0.2, 0.25) is 0 Å². The Bertz CT molecular complexity index is 551. The zero-order chi connectivity index (χ0) is 15.4. The van der Waals surface area contributed by atoms with Crippen LogP contribution in [0.3, 0.4) is 0 Å². The Morgan fingerprint density at radius 3 is 2.73 bits per heavy atom. The van der Waals surface area contributed by atoms with Gasteiger partial charge in [-0.25, -0.2) is 0 Å². The minimum absolute atomic E-state index is 0. The number of nitrogens with one attached hydrogen (secondary N) is 1. The highest BCUT2D eigenvalue weighted by Crippen LogP contribution is 2.25. The van der Waals surface area contributed by atoms with E-state index in [0.717, 1.165) is 25.7 Å². The second-order valence-electron chi connectivity index (χ2n) is 5.57. The molecule has 2 atom stereocenters. The van der Waals surface area contributed by atoms with Crippen molar-refractivity contribution < 1.29 is 9.72 Å². The van der Waals surface area contributed by atoms with Gasteiger partial charge in [-0.1, -0.05) is 18.9 Å². The number of benzene rings is 1. The molecule has 0 heterocycles. The van der Waals surface area contributed by atoms with Gasteiger partial charge in [-0.05, 0) is 38.3 Å². The zero-order valence-electron chi connectivity index (χ0n) is 12.6. The molecule has 0 bridgehead atoms. The van der Waals surface area contributed by atoms with Crippen LogP contribution in [-0.4, -0.2) is 23.4 Å². The summed E-state index contributed by atoms with van der Waals surface area (Å²) < 4.78 is 0. The van der Waals surface area contributed by atoms with Crippen LogP contribution in [0.4, 0.5) is 5.69 Å². The van der Waals surface area contributed by atoms with E-state index in [1.807, 2.05) is 0 Å². The van der Waals surface area contributed by atoms with Crippen molar-refractivity contribution in [1.29, 1.82) is 0 Å². The fraction of sp³-hybridized carbons (Fsp3) is 0.533. The summed E-state index contributed by atoms with van der Waals surface area (Å²) in [4.78, 5) is 22.9. The summed E-state index contributed by atoms with van der Waals surface area (Å²) in [5.41, 5.74) is 6.50. The van der Waals surface area contributed by atoms with Crippen LogP contribution >= 0.6 is 12.4 Å². The highest BCUT2D eigenvalue weighted by Gasteiger charge is 2.27. The molecule has 1 fully saturated rings. The Hall–Kier alpha value is -1.66. The fourth-order valence-electron chi connectivity index (χ4n) is 2.99. The van der Waals surface area contributed by atoms with Crippen LogP contribution < -0.4 is 11.1 Å². The van der Waals surface area contributed by atoms with E-state index in [9.17, 15) is 14.9 Å². The first-order chi connectivity index (χ1) is 10.0. The molecule has 2 unspecified atom stereocenters. The maximum absolute atomic E-state index is 12.4. The maximum Gasteiger partial charge on any atom is 0.273 e. The third-order valence-electron chi connectivity index (χ3n) is 4.27. The largest absolute Gasteiger partial charge is 0.349 e. The summed E-state index contributed by atoms with van der Waals surface area (Å²) in [6, 6.07) is 4.64. The Morgan fingerprint density at radius 1 is 1.41 bits per heavy atom. The van der Waals surface area contributed by atoms with Gasteiger partial charge in [-0.2, -0.15) is 0 Å². The van der Waals surface area contributed by atoms with E-state index < -0.39 is 4.92 Å². The fourth-order valence-corrected chi connectivity index (χ4v) is 2.99. The van der Waals surface area contributed by atoms with E-state index in [0.29, 0.717) is 23.6 Å². The van der Waals surface area contributed by atoms with E-state index in [1.54, 1.807) is 19.1 Å². The molecule has 1 amide bonds. The van der Waals surface area contributed by atoms with Crippen molar-refractivity contribution in [1.82, 2.24) is 5.32 Å². The minimum atomic E-state index is -0.463. The van der Waals surface area contributed by atoms with Crippen LogP contribution in [-0.2, 0) is 0 Å². The highest BCUT2D eigenvalue weighted by atomic mass is 35.5. The average molecular weight is 328 g/mol. The van der Waals surface area contributed by atoms with Gasteiger partial charge >= 0.3 is 0 Å². The predicted octanol–water partition coefficient (Wildman–Crippen LogP) is 2.57. The highest BCUT2D eigenvalue weighted by molar-refractivity contribution is 5.96. The number of hydrogen-bond acceptors (Lipinski definition) is 4. The molecule has 1 aliphatic rings. The molecule has 0 aromatic heterocycles. The number of nitrogens with zero attached hydrogens (tertiary/aromatic N) is 1. The Labute approximate surface area is 136 Å². The smallest absolute Gasteiger partial charge is 0.273 e. The number of carbonyl (C=O) groups is 1. The first-order valence-electron chi connectivity index (χ1n) is 7.29. The molecule has 122 valence electrons.